The van der Waals surface area contributed by atoms with Crippen molar-refractivity contribution in [2.24, 2.45) is 0 Å². The van der Waals surface area contributed by atoms with Crippen molar-refractivity contribution in [2.75, 3.05) is 13.1 Å². The van der Waals surface area contributed by atoms with E-state index in [2.05, 4.69) is 9.97 Å². The second-order valence-electron chi connectivity index (χ2n) is 4.74. The Morgan fingerprint density at radius 1 is 1.32 bits per heavy atom. The highest BCUT2D eigenvalue weighted by Gasteiger charge is 2.27. The topological polar surface area (TPSA) is 46.1 Å². The Morgan fingerprint density at radius 2 is 2.11 bits per heavy atom. The largest absolute Gasteiger partial charge is 0.341 e. The monoisotopic (exact) mass is 275 g/mol. The van der Waals surface area contributed by atoms with E-state index in [-0.39, 0.29) is 11.3 Å². The number of fused-ring (bicyclic) bond motifs is 1. The van der Waals surface area contributed by atoms with E-state index in [1.165, 1.54) is 0 Å². The van der Waals surface area contributed by atoms with Crippen molar-refractivity contribution >= 4 is 28.5 Å². The van der Waals surface area contributed by atoms with Gasteiger partial charge in [-0.1, -0.05) is 12.1 Å². The van der Waals surface area contributed by atoms with Crippen molar-refractivity contribution in [3.8, 4) is 0 Å². The van der Waals surface area contributed by atoms with Gasteiger partial charge in [0.1, 0.15) is 0 Å². The summed E-state index contributed by atoms with van der Waals surface area (Å²) >= 11 is 5.97. The first-order valence-corrected chi connectivity index (χ1v) is 6.78. The van der Waals surface area contributed by atoms with E-state index < -0.39 is 0 Å². The molecule has 2 heterocycles. The third-order valence-electron chi connectivity index (χ3n) is 3.30. The molecule has 0 bridgehead atoms. The molecule has 2 aromatic rings. The van der Waals surface area contributed by atoms with Crippen LogP contribution >= 0.6 is 11.6 Å². The maximum absolute atomic E-state index is 11.6. The molecule has 1 atom stereocenters. The molecule has 1 aromatic carbocycles. The summed E-state index contributed by atoms with van der Waals surface area (Å²) in [7, 11) is 0. The summed E-state index contributed by atoms with van der Waals surface area (Å²) in [5, 5.41) is -0.0461. The van der Waals surface area contributed by atoms with Gasteiger partial charge in [0.2, 0.25) is 5.91 Å². The predicted octanol–water partition coefficient (Wildman–Crippen LogP) is 2.01. The van der Waals surface area contributed by atoms with Crippen LogP contribution in [0.2, 0.25) is 0 Å². The van der Waals surface area contributed by atoms with E-state index in [1.807, 2.05) is 24.3 Å². The Morgan fingerprint density at radius 3 is 2.84 bits per heavy atom. The number of carbonyl (C=O) groups excluding carboxylic acids is 1. The normalized spacial score (nSPS) is 19.3. The van der Waals surface area contributed by atoms with Crippen LogP contribution < -0.4 is 0 Å². The molecule has 1 aliphatic rings. The van der Waals surface area contributed by atoms with Gasteiger partial charge in [0, 0.05) is 32.1 Å². The average molecular weight is 276 g/mol. The zero-order valence-electron chi connectivity index (χ0n) is 10.4. The smallest absolute Gasteiger partial charge is 0.224 e. The molecular formula is C14H14ClN3O. The number of halogens is 1. The number of rotatable bonds is 3. The molecule has 1 saturated heterocycles. The minimum absolute atomic E-state index is 0.0461. The summed E-state index contributed by atoms with van der Waals surface area (Å²) in [6.07, 6.45) is 2.94. The van der Waals surface area contributed by atoms with Crippen LogP contribution in [-0.4, -0.2) is 39.2 Å². The standard InChI is InChI=1S/C14H14ClN3O/c15-10-7-14(19)18(9-10)6-5-11-8-16-12-3-1-2-4-13(12)17-11/h1-4,8,10H,5-7,9H2. The first-order chi connectivity index (χ1) is 9.22. The number of nitrogens with zero attached hydrogens (tertiary/aromatic N) is 3. The van der Waals surface area contributed by atoms with Crippen molar-refractivity contribution in [1.82, 2.24) is 14.9 Å². The molecule has 0 aliphatic carbocycles. The van der Waals surface area contributed by atoms with Crippen LogP contribution in [0.25, 0.3) is 11.0 Å². The van der Waals surface area contributed by atoms with Crippen LogP contribution in [0, 0.1) is 0 Å². The molecule has 98 valence electrons. The maximum Gasteiger partial charge on any atom is 0.224 e. The van der Waals surface area contributed by atoms with Crippen molar-refractivity contribution in [1.29, 1.82) is 0 Å². The zero-order valence-corrected chi connectivity index (χ0v) is 11.2. The van der Waals surface area contributed by atoms with E-state index in [0.29, 0.717) is 25.9 Å². The molecule has 1 amide bonds. The quantitative estimate of drug-likeness (QED) is 0.805. The summed E-state index contributed by atoms with van der Waals surface area (Å²) in [5.41, 5.74) is 2.69. The first-order valence-electron chi connectivity index (χ1n) is 6.35. The summed E-state index contributed by atoms with van der Waals surface area (Å²) in [6, 6.07) is 7.78. The third kappa shape index (κ3) is 2.68. The van der Waals surface area contributed by atoms with Gasteiger partial charge >= 0.3 is 0 Å². The average Bonchev–Trinajstić information content (AvgIpc) is 2.74. The summed E-state index contributed by atoms with van der Waals surface area (Å²) in [6.45, 7) is 1.30. The molecule has 0 saturated carbocycles. The van der Waals surface area contributed by atoms with Crippen molar-refractivity contribution in [3.63, 3.8) is 0 Å². The highest BCUT2D eigenvalue weighted by molar-refractivity contribution is 6.22. The summed E-state index contributed by atoms with van der Waals surface area (Å²) in [4.78, 5) is 22.3. The zero-order chi connectivity index (χ0) is 13.2. The SMILES string of the molecule is O=C1CC(Cl)CN1CCc1cnc2ccccc2n1. The van der Waals surface area contributed by atoms with Crippen LogP contribution in [-0.2, 0) is 11.2 Å². The maximum atomic E-state index is 11.6. The van der Waals surface area contributed by atoms with E-state index in [9.17, 15) is 4.79 Å². The second-order valence-corrected chi connectivity index (χ2v) is 5.36. The molecule has 1 aromatic heterocycles. The van der Waals surface area contributed by atoms with Gasteiger partial charge in [-0.15, -0.1) is 11.6 Å². The number of para-hydroxylation sites is 2. The van der Waals surface area contributed by atoms with Gasteiger partial charge in [-0.05, 0) is 12.1 Å². The molecule has 3 rings (SSSR count). The fourth-order valence-electron chi connectivity index (χ4n) is 2.31. The van der Waals surface area contributed by atoms with Gasteiger partial charge in [0.25, 0.3) is 0 Å². The van der Waals surface area contributed by atoms with E-state index >= 15 is 0 Å². The van der Waals surface area contributed by atoms with Gasteiger partial charge < -0.3 is 4.90 Å². The van der Waals surface area contributed by atoms with Crippen molar-refractivity contribution in [3.05, 3.63) is 36.2 Å². The Bertz CT molecular complexity index is 616. The van der Waals surface area contributed by atoms with Crippen LogP contribution in [0.15, 0.2) is 30.5 Å². The number of hydrogen-bond acceptors (Lipinski definition) is 3. The number of alkyl halides is 1. The van der Waals surface area contributed by atoms with Crippen LogP contribution in [0.3, 0.4) is 0 Å². The van der Waals surface area contributed by atoms with E-state index in [0.717, 1.165) is 16.7 Å². The molecule has 1 unspecified atom stereocenters. The number of benzene rings is 1. The van der Waals surface area contributed by atoms with Gasteiger partial charge in [-0.3, -0.25) is 9.78 Å². The minimum Gasteiger partial charge on any atom is -0.341 e. The lowest BCUT2D eigenvalue weighted by Crippen LogP contribution is -2.27. The van der Waals surface area contributed by atoms with Crippen LogP contribution in [0.4, 0.5) is 0 Å². The highest BCUT2D eigenvalue weighted by atomic mass is 35.5. The molecular weight excluding hydrogens is 262 g/mol. The molecule has 1 fully saturated rings. The van der Waals surface area contributed by atoms with Gasteiger partial charge in [0.05, 0.1) is 22.1 Å². The lowest BCUT2D eigenvalue weighted by Gasteiger charge is -2.15. The molecule has 1 aliphatic heterocycles. The first kappa shape index (κ1) is 12.4. The fourth-order valence-corrected chi connectivity index (χ4v) is 2.60. The van der Waals surface area contributed by atoms with Gasteiger partial charge in [-0.2, -0.15) is 0 Å². The molecule has 4 nitrogen and oxygen atoms in total. The Kier molecular flexibility index (Phi) is 3.34. The lowest BCUT2D eigenvalue weighted by molar-refractivity contribution is -0.127. The van der Waals surface area contributed by atoms with Crippen molar-refractivity contribution < 1.29 is 4.79 Å². The van der Waals surface area contributed by atoms with Crippen LogP contribution in [0.1, 0.15) is 12.1 Å². The molecule has 0 N–H and O–H groups in total. The van der Waals surface area contributed by atoms with Gasteiger partial charge in [-0.25, -0.2) is 4.98 Å². The molecule has 0 spiro atoms. The Balaban J connectivity index is 1.70. The number of hydrogen-bond donors (Lipinski definition) is 0. The molecule has 0 radical (unpaired) electrons. The van der Waals surface area contributed by atoms with Gasteiger partial charge in [0.15, 0.2) is 0 Å². The second kappa shape index (κ2) is 5.13. The minimum atomic E-state index is -0.0461. The number of amides is 1. The summed E-state index contributed by atoms with van der Waals surface area (Å²) in [5.74, 6) is 0.133. The van der Waals surface area contributed by atoms with Crippen LogP contribution in [0.5, 0.6) is 0 Å². The number of carbonyl (C=O) groups is 1. The predicted molar refractivity (Wildman–Crippen MR) is 74.1 cm³/mol. The number of likely N-dealkylation sites (tertiary alicyclic amines) is 1. The van der Waals surface area contributed by atoms with E-state index in [4.69, 9.17) is 11.6 Å². The molecule has 19 heavy (non-hydrogen) atoms. The summed E-state index contributed by atoms with van der Waals surface area (Å²) < 4.78 is 0. The Labute approximate surface area is 116 Å². The molecule has 5 heteroatoms. The fraction of sp³-hybridized carbons (Fsp3) is 0.357. The number of aromatic nitrogens is 2. The van der Waals surface area contributed by atoms with E-state index in [1.54, 1.807) is 11.1 Å². The Hall–Kier alpha value is -1.68. The van der Waals surface area contributed by atoms with Crippen molar-refractivity contribution in [2.45, 2.75) is 18.2 Å². The lowest BCUT2D eigenvalue weighted by atomic mass is 10.2. The third-order valence-corrected chi connectivity index (χ3v) is 3.60. The highest BCUT2D eigenvalue weighted by Crippen LogP contribution is 2.16.